The third-order valence-electron chi connectivity index (χ3n) is 4.91. The number of fused-ring (bicyclic) bond motifs is 1. The number of carbonyl (C=O) groups excluding carboxylic acids is 1. The third-order valence-corrected chi connectivity index (χ3v) is 4.91. The molecule has 0 bridgehead atoms. The molecule has 0 atom stereocenters. The quantitative estimate of drug-likeness (QED) is 0.440. The zero-order valence-electron chi connectivity index (χ0n) is 18.1. The Hall–Kier alpha value is -4.58. The van der Waals surface area contributed by atoms with Crippen molar-refractivity contribution in [2.75, 3.05) is 18.5 Å². The van der Waals surface area contributed by atoms with Crippen LogP contribution in [0.25, 0.3) is 22.0 Å². The van der Waals surface area contributed by atoms with Gasteiger partial charge in [-0.1, -0.05) is 49.4 Å². The number of aryl methyl sites for hydroxylation is 1. The molecule has 0 aliphatic heterocycles. The minimum Gasteiger partial charge on any atom is -0.382 e. The molecule has 9 heteroatoms. The van der Waals surface area contributed by atoms with Crippen molar-refractivity contribution in [3.63, 3.8) is 0 Å². The fourth-order valence-corrected chi connectivity index (χ4v) is 3.36. The summed E-state index contributed by atoms with van der Waals surface area (Å²) in [6.45, 7) is 1.95. The highest BCUT2D eigenvalue weighted by molar-refractivity contribution is 6.12. The van der Waals surface area contributed by atoms with Crippen LogP contribution >= 0.6 is 0 Å². The van der Waals surface area contributed by atoms with Crippen LogP contribution in [-0.4, -0.2) is 27.9 Å². The number of benzene rings is 2. The van der Waals surface area contributed by atoms with Gasteiger partial charge < -0.3 is 16.8 Å². The number of aromatic nitrogens is 3. The molecule has 0 aliphatic carbocycles. The highest BCUT2D eigenvalue weighted by Gasteiger charge is 2.21. The average molecular weight is 443 g/mol. The normalized spacial score (nSPS) is 10.1. The molecule has 33 heavy (non-hydrogen) atoms. The molecule has 2 aromatic heterocycles. The van der Waals surface area contributed by atoms with E-state index in [9.17, 15) is 9.18 Å². The summed E-state index contributed by atoms with van der Waals surface area (Å²) < 4.78 is 14.2. The first-order valence-corrected chi connectivity index (χ1v) is 10.1. The second-order valence-corrected chi connectivity index (χ2v) is 6.87. The summed E-state index contributed by atoms with van der Waals surface area (Å²) in [7, 11) is 1.58. The number of nitrogens with zero attached hydrogens (tertiary/aromatic N) is 4. The highest BCUT2D eigenvalue weighted by Crippen LogP contribution is 2.33. The molecule has 0 saturated heterocycles. The minimum atomic E-state index is -0.415. The number of hydrogen-bond acceptors (Lipinski definition) is 7. The number of carbonyl (C=O) groups is 1. The van der Waals surface area contributed by atoms with Crippen molar-refractivity contribution < 1.29 is 9.18 Å². The summed E-state index contributed by atoms with van der Waals surface area (Å²) in [5.41, 5.74) is 13.8. The third kappa shape index (κ3) is 4.70. The Kier molecular flexibility index (Phi) is 7.10. The maximum atomic E-state index is 14.2. The molecule has 1 amide bonds. The molecular formula is C24H22FN7O. The van der Waals surface area contributed by atoms with E-state index in [0.717, 1.165) is 11.1 Å². The zero-order chi connectivity index (χ0) is 24.0. The first-order valence-electron chi connectivity index (χ1n) is 10.1. The predicted molar refractivity (Wildman–Crippen MR) is 125 cm³/mol. The number of nitrogens with two attached hydrogens (primary N) is 2. The van der Waals surface area contributed by atoms with Crippen LogP contribution in [0.4, 0.5) is 16.0 Å². The molecular weight excluding hydrogens is 421 g/mol. The summed E-state index contributed by atoms with van der Waals surface area (Å²) in [6, 6.07) is 16.1. The van der Waals surface area contributed by atoms with Crippen LogP contribution in [0, 0.1) is 17.1 Å². The summed E-state index contributed by atoms with van der Waals surface area (Å²) in [5, 5.41) is 11.6. The van der Waals surface area contributed by atoms with Crippen LogP contribution in [0.2, 0.25) is 0 Å². The molecule has 0 unspecified atom stereocenters. The summed E-state index contributed by atoms with van der Waals surface area (Å²) in [6.07, 6.45) is 1.82. The molecule has 166 valence electrons. The van der Waals surface area contributed by atoms with Crippen LogP contribution in [-0.2, 0) is 6.42 Å². The Morgan fingerprint density at radius 1 is 1.09 bits per heavy atom. The SMILES string of the molecule is CCc1nc2c(F)cccc2c(C(=O)NC)c1-c1ccccc1.N#Cc1c(N)ncnc1N. The van der Waals surface area contributed by atoms with Crippen molar-refractivity contribution >= 4 is 28.4 Å². The van der Waals surface area contributed by atoms with Gasteiger partial charge in [0, 0.05) is 23.7 Å². The fourth-order valence-electron chi connectivity index (χ4n) is 3.36. The Morgan fingerprint density at radius 3 is 2.30 bits per heavy atom. The van der Waals surface area contributed by atoms with Gasteiger partial charge in [0.1, 0.15) is 40.9 Å². The van der Waals surface area contributed by atoms with Gasteiger partial charge in [0.05, 0.1) is 5.56 Å². The lowest BCUT2D eigenvalue weighted by Gasteiger charge is -2.16. The number of rotatable bonds is 3. The van der Waals surface area contributed by atoms with Crippen LogP contribution < -0.4 is 16.8 Å². The Labute approximate surface area is 190 Å². The van der Waals surface area contributed by atoms with E-state index in [-0.39, 0.29) is 28.6 Å². The monoisotopic (exact) mass is 443 g/mol. The lowest BCUT2D eigenvalue weighted by atomic mass is 9.93. The highest BCUT2D eigenvalue weighted by atomic mass is 19.1. The van der Waals surface area contributed by atoms with Gasteiger partial charge >= 0.3 is 0 Å². The summed E-state index contributed by atoms with van der Waals surface area (Å²) in [5.74, 6) is -0.413. The maximum Gasteiger partial charge on any atom is 0.252 e. The largest absolute Gasteiger partial charge is 0.382 e. The first kappa shape index (κ1) is 23.1. The van der Waals surface area contributed by atoms with Crippen LogP contribution in [0.1, 0.15) is 28.5 Å². The first-order chi connectivity index (χ1) is 15.9. The number of amides is 1. The van der Waals surface area contributed by atoms with Gasteiger partial charge in [0.2, 0.25) is 0 Å². The number of nitrogens with one attached hydrogen (secondary N) is 1. The van der Waals surface area contributed by atoms with Crippen molar-refractivity contribution in [1.29, 1.82) is 5.26 Å². The molecule has 2 aromatic carbocycles. The van der Waals surface area contributed by atoms with Crippen molar-refractivity contribution in [3.8, 4) is 17.2 Å². The lowest BCUT2D eigenvalue weighted by molar-refractivity contribution is 0.0965. The van der Waals surface area contributed by atoms with Gasteiger partial charge in [-0.2, -0.15) is 5.26 Å². The van der Waals surface area contributed by atoms with Crippen molar-refractivity contribution in [1.82, 2.24) is 20.3 Å². The number of anilines is 2. The topological polar surface area (TPSA) is 144 Å². The molecule has 2 heterocycles. The van der Waals surface area contributed by atoms with Crippen LogP contribution in [0.15, 0.2) is 54.9 Å². The van der Waals surface area contributed by atoms with Gasteiger partial charge in [-0.05, 0) is 18.1 Å². The zero-order valence-corrected chi connectivity index (χ0v) is 18.1. The van der Waals surface area contributed by atoms with Gasteiger partial charge in [-0.15, -0.1) is 0 Å². The second kappa shape index (κ2) is 10.2. The number of nitrogen functional groups attached to an aromatic ring is 2. The molecule has 8 nitrogen and oxygen atoms in total. The molecule has 4 rings (SSSR count). The van der Waals surface area contributed by atoms with Gasteiger partial charge in [-0.25, -0.2) is 19.3 Å². The molecule has 0 saturated carbocycles. The number of para-hydroxylation sites is 1. The Morgan fingerprint density at radius 2 is 1.76 bits per heavy atom. The van der Waals surface area contributed by atoms with E-state index in [0.29, 0.717) is 23.1 Å². The number of nitriles is 1. The molecule has 0 fully saturated rings. The molecule has 5 N–H and O–H groups in total. The van der Waals surface area contributed by atoms with E-state index in [4.69, 9.17) is 16.7 Å². The van der Waals surface area contributed by atoms with Gasteiger partial charge in [-0.3, -0.25) is 4.79 Å². The fraction of sp³-hybridized carbons (Fsp3) is 0.125. The summed E-state index contributed by atoms with van der Waals surface area (Å²) >= 11 is 0. The van der Waals surface area contributed by atoms with Crippen LogP contribution in [0.3, 0.4) is 0 Å². The lowest BCUT2D eigenvalue weighted by Crippen LogP contribution is -2.20. The smallest absolute Gasteiger partial charge is 0.252 e. The molecule has 0 radical (unpaired) electrons. The van der Waals surface area contributed by atoms with Crippen molar-refractivity contribution in [2.45, 2.75) is 13.3 Å². The predicted octanol–water partition coefficient (Wildman–Crippen LogP) is 3.48. The van der Waals surface area contributed by atoms with Gasteiger partial charge in [0.15, 0.2) is 0 Å². The van der Waals surface area contributed by atoms with E-state index < -0.39 is 5.82 Å². The number of halogens is 1. The van der Waals surface area contributed by atoms with E-state index >= 15 is 0 Å². The van der Waals surface area contributed by atoms with E-state index in [1.54, 1.807) is 25.2 Å². The van der Waals surface area contributed by atoms with Gasteiger partial charge in [0.25, 0.3) is 5.91 Å². The van der Waals surface area contributed by atoms with E-state index in [2.05, 4.69) is 20.3 Å². The number of pyridine rings is 1. The van der Waals surface area contributed by atoms with Crippen LogP contribution in [0.5, 0.6) is 0 Å². The molecule has 4 aromatic rings. The van der Waals surface area contributed by atoms with Crippen molar-refractivity contribution in [2.24, 2.45) is 0 Å². The number of hydrogen-bond donors (Lipinski definition) is 3. The second-order valence-electron chi connectivity index (χ2n) is 6.87. The minimum absolute atomic E-state index is 0.120. The average Bonchev–Trinajstić information content (AvgIpc) is 2.84. The van der Waals surface area contributed by atoms with E-state index in [1.165, 1.54) is 12.4 Å². The van der Waals surface area contributed by atoms with E-state index in [1.807, 2.05) is 37.3 Å². The standard InChI is InChI=1S/C19H17FN2O.C5H5N5/c1-3-15-16(12-8-5-4-6-9-12)17(19(23)21-2)13-10-7-11-14(20)18(13)22-15;6-1-3-4(7)9-2-10-5(3)8/h4-11H,3H2,1-2H3,(H,21,23);2H,(H4,7,8,9,10). The van der Waals surface area contributed by atoms with Crippen molar-refractivity contribution in [3.05, 3.63) is 77.5 Å². The summed E-state index contributed by atoms with van der Waals surface area (Å²) in [4.78, 5) is 24.2. The Balaban J connectivity index is 0.000000257. The molecule has 0 spiro atoms. The molecule has 0 aliphatic rings. The maximum absolute atomic E-state index is 14.2. The Bertz CT molecular complexity index is 1330.